The molecule has 0 radical (unpaired) electrons. The molecule has 0 aromatic carbocycles. The zero-order valence-electron chi connectivity index (χ0n) is 13.5. The number of amides is 2. The topological polar surface area (TPSA) is 66.4 Å². The summed E-state index contributed by atoms with van der Waals surface area (Å²) in [5.41, 5.74) is 1.09. The number of likely N-dealkylation sites (N-methyl/N-ethyl adjacent to an activating group) is 1. The minimum atomic E-state index is -0.586. The van der Waals surface area contributed by atoms with Crippen molar-refractivity contribution in [1.82, 2.24) is 20.1 Å². The minimum Gasteiger partial charge on any atom is -0.353 e. The lowest BCUT2D eigenvalue weighted by molar-refractivity contribution is -0.139. The van der Waals surface area contributed by atoms with Gasteiger partial charge in [0.05, 0.1) is 6.04 Å². The van der Waals surface area contributed by atoms with Crippen LogP contribution in [0.1, 0.15) is 25.6 Å². The molecule has 0 aliphatic rings. The second-order valence-corrected chi connectivity index (χ2v) is 5.84. The highest BCUT2D eigenvalue weighted by Gasteiger charge is 2.20. The first-order chi connectivity index (χ1) is 9.82. The van der Waals surface area contributed by atoms with Gasteiger partial charge in [0, 0.05) is 32.0 Å². The molecule has 6 heteroatoms. The lowest BCUT2D eigenvalue weighted by Gasteiger charge is -2.25. The summed E-state index contributed by atoms with van der Waals surface area (Å²) in [4.78, 5) is 25.4. The fourth-order valence-electron chi connectivity index (χ4n) is 2.02. The molecule has 1 unspecified atom stereocenters. The minimum absolute atomic E-state index is 0.0202. The monoisotopic (exact) mass is 294 g/mol. The van der Waals surface area contributed by atoms with Crippen LogP contribution < -0.4 is 10.6 Å². The van der Waals surface area contributed by atoms with E-state index in [2.05, 4.69) is 10.6 Å². The maximum Gasteiger partial charge on any atom is 0.309 e. The number of carbonyl (C=O) groups is 2. The van der Waals surface area contributed by atoms with Crippen molar-refractivity contribution in [3.05, 3.63) is 24.0 Å². The van der Waals surface area contributed by atoms with Gasteiger partial charge in [-0.05, 0) is 32.1 Å². The number of rotatable bonds is 6. The Morgan fingerprint density at radius 1 is 1.19 bits per heavy atom. The fraction of sp³-hybridized carbons (Fsp3) is 0.600. The number of aryl methyl sites for hydroxylation is 1. The van der Waals surface area contributed by atoms with Gasteiger partial charge in [-0.2, -0.15) is 0 Å². The van der Waals surface area contributed by atoms with Crippen LogP contribution in [0.2, 0.25) is 0 Å². The number of nitrogens with one attached hydrogen (secondary N) is 2. The van der Waals surface area contributed by atoms with Crippen LogP contribution >= 0.6 is 0 Å². The Labute approximate surface area is 126 Å². The number of carbonyl (C=O) groups excluding carboxylic acids is 2. The molecule has 0 saturated heterocycles. The van der Waals surface area contributed by atoms with Crippen molar-refractivity contribution in [2.75, 3.05) is 27.2 Å². The molecule has 1 aromatic rings. The molecule has 1 heterocycles. The van der Waals surface area contributed by atoms with Crippen molar-refractivity contribution >= 4 is 11.8 Å². The molecule has 1 aromatic heterocycles. The lowest BCUT2D eigenvalue weighted by Crippen LogP contribution is -2.44. The van der Waals surface area contributed by atoms with Crippen molar-refractivity contribution < 1.29 is 9.59 Å². The molecular formula is C15H26N4O2. The summed E-state index contributed by atoms with van der Waals surface area (Å²) in [6.45, 7) is 4.85. The predicted molar refractivity (Wildman–Crippen MR) is 82.7 cm³/mol. The Balaban J connectivity index is 2.56. The van der Waals surface area contributed by atoms with E-state index in [0.717, 1.165) is 5.69 Å². The van der Waals surface area contributed by atoms with Gasteiger partial charge in [-0.3, -0.25) is 14.5 Å². The van der Waals surface area contributed by atoms with Gasteiger partial charge in [-0.25, -0.2) is 0 Å². The van der Waals surface area contributed by atoms with Gasteiger partial charge < -0.3 is 15.2 Å². The normalized spacial score (nSPS) is 12.5. The van der Waals surface area contributed by atoms with Gasteiger partial charge in [0.2, 0.25) is 0 Å². The van der Waals surface area contributed by atoms with Crippen molar-refractivity contribution in [3.8, 4) is 0 Å². The lowest BCUT2D eigenvalue weighted by atomic mass is 10.2. The third kappa shape index (κ3) is 5.23. The fourth-order valence-corrected chi connectivity index (χ4v) is 2.02. The number of aromatic nitrogens is 1. The van der Waals surface area contributed by atoms with E-state index >= 15 is 0 Å². The number of hydrogen-bond donors (Lipinski definition) is 2. The van der Waals surface area contributed by atoms with Gasteiger partial charge in [0.25, 0.3) is 0 Å². The summed E-state index contributed by atoms with van der Waals surface area (Å²) in [6.07, 6.45) is 1.96. The largest absolute Gasteiger partial charge is 0.353 e. The first-order valence-electron chi connectivity index (χ1n) is 7.16. The zero-order chi connectivity index (χ0) is 16.0. The van der Waals surface area contributed by atoms with E-state index in [9.17, 15) is 9.59 Å². The smallest absolute Gasteiger partial charge is 0.309 e. The van der Waals surface area contributed by atoms with Gasteiger partial charge in [-0.1, -0.05) is 13.8 Å². The Kier molecular flexibility index (Phi) is 6.42. The summed E-state index contributed by atoms with van der Waals surface area (Å²) >= 11 is 0. The van der Waals surface area contributed by atoms with Crippen LogP contribution in [0.3, 0.4) is 0 Å². The molecular weight excluding hydrogens is 268 g/mol. The average molecular weight is 294 g/mol. The molecule has 0 fully saturated rings. The van der Waals surface area contributed by atoms with E-state index in [1.165, 1.54) is 0 Å². The highest BCUT2D eigenvalue weighted by molar-refractivity contribution is 6.35. The predicted octanol–water partition coefficient (Wildman–Crippen LogP) is 0.516. The van der Waals surface area contributed by atoms with E-state index in [4.69, 9.17) is 0 Å². The Morgan fingerprint density at radius 2 is 1.76 bits per heavy atom. The first kappa shape index (κ1) is 17.2. The van der Waals surface area contributed by atoms with Crippen molar-refractivity contribution in [2.24, 2.45) is 13.0 Å². The van der Waals surface area contributed by atoms with E-state index in [-0.39, 0.29) is 6.04 Å². The van der Waals surface area contributed by atoms with E-state index < -0.39 is 11.8 Å². The Bertz CT molecular complexity index is 480. The highest BCUT2D eigenvalue weighted by Crippen LogP contribution is 2.16. The molecule has 1 rings (SSSR count). The summed E-state index contributed by atoms with van der Waals surface area (Å²) in [5, 5.41) is 5.31. The van der Waals surface area contributed by atoms with Crippen LogP contribution in [0.25, 0.3) is 0 Å². The molecule has 0 saturated carbocycles. The van der Waals surface area contributed by atoms with E-state index in [1.54, 1.807) is 0 Å². The maximum absolute atomic E-state index is 11.8. The molecule has 0 bridgehead atoms. The second-order valence-electron chi connectivity index (χ2n) is 5.84. The molecule has 0 aliphatic heterocycles. The Morgan fingerprint density at radius 3 is 2.19 bits per heavy atom. The molecule has 6 nitrogen and oxygen atoms in total. The summed E-state index contributed by atoms with van der Waals surface area (Å²) in [6, 6.07) is 3.99. The summed E-state index contributed by atoms with van der Waals surface area (Å²) in [7, 11) is 5.86. The van der Waals surface area contributed by atoms with Gasteiger partial charge >= 0.3 is 11.8 Å². The average Bonchev–Trinajstić information content (AvgIpc) is 2.82. The number of nitrogens with zero attached hydrogens (tertiary/aromatic N) is 2. The van der Waals surface area contributed by atoms with E-state index in [1.807, 2.05) is 62.8 Å². The van der Waals surface area contributed by atoms with Crippen LogP contribution in [0, 0.1) is 5.92 Å². The van der Waals surface area contributed by atoms with Crippen LogP contribution in [0.5, 0.6) is 0 Å². The van der Waals surface area contributed by atoms with Crippen LogP contribution in [0.4, 0.5) is 0 Å². The molecule has 2 amide bonds. The maximum atomic E-state index is 11.8. The van der Waals surface area contributed by atoms with Crippen LogP contribution in [0.15, 0.2) is 18.3 Å². The molecule has 1 atom stereocenters. The molecule has 2 N–H and O–H groups in total. The van der Waals surface area contributed by atoms with Crippen molar-refractivity contribution in [1.29, 1.82) is 0 Å². The van der Waals surface area contributed by atoms with Crippen LogP contribution in [-0.4, -0.2) is 48.5 Å². The van der Waals surface area contributed by atoms with Gasteiger partial charge in [0.15, 0.2) is 0 Å². The molecule has 0 spiro atoms. The second kappa shape index (κ2) is 7.83. The summed E-state index contributed by atoms with van der Waals surface area (Å²) < 4.78 is 2.01. The standard InChI is InChI=1S/C15H26N4O2/c1-11(2)9-16-14(20)15(21)17-10-13(18(3)4)12-7-6-8-19(12)5/h6-8,11,13H,9-10H2,1-5H3,(H,16,20)(H,17,21). The third-order valence-electron chi connectivity index (χ3n) is 3.28. The SMILES string of the molecule is CC(C)CNC(=O)C(=O)NCC(c1cccn1C)N(C)C. The molecule has 0 aliphatic carbocycles. The van der Waals surface area contributed by atoms with Gasteiger partial charge in [0.1, 0.15) is 0 Å². The molecule has 118 valence electrons. The van der Waals surface area contributed by atoms with Crippen molar-refractivity contribution in [3.63, 3.8) is 0 Å². The van der Waals surface area contributed by atoms with Crippen molar-refractivity contribution in [2.45, 2.75) is 19.9 Å². The quantitative estimate of drug-likeness (QED) is 0.752. The van der Waals surface area contributed by atoms with Gasteiger partial charge in [-0.15, -0.1) is 0 Å². The molecule has 21 heavy (non-hydrogen) atoms. The zero-order valence-corrected chi connectivity index (χ0v) is 13.5. The van der Waals surface area contributed by atoms with E-state index in [0.29, 0.717) is 19.0 Å². The summed E-state index contributed by atoms with van der Waals surface area (Å²) in [5.74, 6) is -0.843. The third-order valence-corrected chi connectivity index (χ3v) is 3.28. The Hall–Kier alpha value is -1.82. The number of hydrogen-bond acceptors (Lipinski definition) is 3. The highest BCUT2D eigenvalue weighted by atomic mass is 16.2. The first-order valence-corrected chi connectivity index (χ1v) is 7.16. The van der Waals surface area contributed by atoms with Crippen LogP contribution in [-0.2, 0) is 16.6 Å².